The molecule has 0 atom stereocenters. The van der Waals surface area contributed by atoms with Gasteiger partial charge in [0, 0.05) is 56.1 Å². The average Bonchev–Trinajstić information content (AvgIpc) is 3.25. The molecule has 1 aliphatic rings. The Hall–Kier alpha value is -3.23. The molecule has 0 saturated carbocycles. The predicted octanol–water partition coefficient (Wildman–Crippen LogP) is 3.39. The molecule has 9 heteroatoms. The molecule has 0 aliphatic carbocycles. The van der Waals surface area contributed by atoms with E-state index in [0.717, 1.165) is 11.3 Å². The van der Waals surface area contributed by atoms with E-state index in [2.05, 4.69) is 10.00 Å². The monoisotopic (exact) mass is 425 g/mol. The molecule has 3 aromatic rings. The smallest absolute Gasteiger partial charge is 0.269 e. The molecular weight excluding hydrogens is 406 g/mol. The first-order valence-corrected chi connectivity index (χ1v) is 9.93. The number of aromatic nitrogens is 2. The summed E-state index contributed by atoms with van der Waals surface area (Å²) in [7, 11) is 0. The molecule has 1 saturated heterocycles. The summed E-state index contributed by atoms with van der Waals surface area (Å²) in [5, 5.41) is 15.9. The van der Waals surface area contributed by atoms with Gasteiger partial charge in [-0.25, -0.2) is 4.68 Å². The molecule has 0 spiro atoms. The largest absolute Gasteiger partial charge is 0.336 e. The topological polar surface area (TPSA) is 84.5 Å². The van der Waals surface area contributed by atoms with Crippen LogP contribution < -0.4 is 0 Å². The van der Waals surface area contributed by atoms with Gasteiger partial charge in [0.05, 0.1) is 22.4 Å². The minimum absolute atomic E-state index is 0.0507. The normalized spacial score (nSPS) is 14.6. The fraction of sp³-hybridized carbons (Fsp3) is 0.238. The van der Waals surface area contributed by atoms with Crippen molar-refractivity contribution in [3.05, 3.63) is 87.2 Å². The average molecular weight is 426 g/mol. The van der Waals surface area contributed by atoms with Gasteiger partial charge in [-0.15, -0.1) is 0 Å². The standard InChI is InChI=1S/C21H20ClN5O3/c22-18-4-6-19(7-5-18)26-15-17(13-23-26)21(28)25-10-8-24(9-11-25)14-16-2-1-3-20(12-16)27(29)30/h1-7,12-13,15H,8-11,14H2. The van der Waals surface area contributed by atoms with Gasteiger partial charge in [-0.3, -0.25) is 19.8 Å². The molecule has 0 unspecified atom stereocenters. The summed E-state index contributed by atoms with van der Waals surface area (Å²) >= 11 is 5.92. The van der Waals surface area contributed by atoms with E-state index in [1.165, 1.54) is 6.07 Å². The third-order valence-corrected chi connectivity index (χ3v) is 5.36. The van der Waals surface area contributed by atoms with Crippen LogP contribution in [0.2, 0.25) is 5.02 Å². The van der Waals surface area contributed by atoms with Crippen molar-refractivity contribution in [3.63, 3.8) is 0 Å². The van der Waals surface area contributed by atoms with Gasteiger partial charge in [-0.1, -0.05) is 23.7 Å². The number of nitro benzene ring substituents is 1. The zero-order valence-corrected chi connectivity index (χ0v) is 16.9. The summed E-state index contributed by atoms with van der Waals surface area (Å²) < 4.78 is 1.65. The summed E-state index contributed by atoms with van der Waals surface area (Å²) in [6, 6.07) is 13.9. The summed E-state index contributed by atoms with van der Waals surface area (Å²) in [6.45, 7) is 3.23. The summed E-state index contributed by atoms with van der Waals surface area (Å²) in [4.78, 5) is 27.4. The number of halogens is 1. The molecule has 154 valence electrons. The van der Waals surface area contributed by atoms with Crippen molar-refractivity contribution < 1.29 is 9.72 Å². The highest BCUT2D eigenvalue weighted by molar-refractivity contribution is 6.30. The number of hydrogen-bond donors (Lipinski definition) is 0. The van der Waals surface area contributed by atoms with E-state index in [0.29, 0.717) is 43.3 Å². The van der Waals surface area contributed by atoms with Gasteiger partial charge >= 0.3 is 0 Å². The lowest BCUT2D eigenvalue weighted by molar-refractivity contribution is -0.384. The van der Waals surface area contributed by atoms with Crippen LogP contribution in [0.5, 0.6) is 0 Å². The molecule has 2 heterocycles. The number of piperazine rings is 1. The highest BCUT2D eigenvalue weighted by atomic mass is 35.5. The van der Waals surface area contributed by atoms with Gasteiger partial charge in [0.15, 0.2) is 0 Å². The molecule has 0 bridgehead atoms. The third kappa shape index (κ3) is 4.50. The van der Waals surface area contributed by atoms with Crippen LogP contribution in [0, 0.1) is 10.1 Å². The second kappa shape index (κ2) is 8.64. The minimum atomic E-state index is -0.385. The van der Waals surface area contributed by atoms with Gasteiger partial charge in [-0.05, 0) is 29.8 Å². The maximum Gasteiger partial charge on any atom is 0.269 e. The molecule has 4 rings (SSSR count). The van der Waals surface area contributed by atoms with E-state index in [4.69, 9.17) is 11.6 Å². The summed E-state index contributed by atoms with van der Waals surface area (Å²) in [6.07, 6.45) is 3.30. The molecule has 1 fully saturated rings. The maximum atomic E-state index is 12.8. The first-order chi connectivity index (χ1) is 14.5. The number of benzene rings is 2. The van der Waals surface area contributed by atoms with E-state index in [1.807, 2.05) is 23.1 Å². The Morgan fingerprint density at radius 2 is 1.83 bits per heavy atom. The van der Waals surface area contributed by atoms with Crippen LogP contribution in [0.3, 0.4) is 0 Å². The molecule has 1 amide bonds. The van der Waals surface area contributed by atoms with Crippen LogP contribution in [0.25, 0.3) is 5.69 Å². The van der Waals surface area contributed by atoms with Gasteiger partial charge in [0.25, 0.3) is 11.6 Å². The Balaban J connectivity index is 1.35. The Morgan fingerprint density at radius 1 is 1.10 bits per heavy atom. The number of non-ortho nitro benzene ring substituents is 1. The van der Waals surface area contributed by atoms with E-state index in [1.54, 1.807) is 41.3 Å². The maximum absolute atomic E-state index is 12.8. The van der Waals surface area contributed by atoms with Crippen molar-refractivity contribution in [2.75, 3.05) is 26.2 Å². The van der Waals surface area contributed by atoms with Crippen molar-refractivity contribution in [2.45, 2.75) is 6.54 Å². The van der Waals surface area contributed by atoms with Crippen molar-refractivity contribution >= 4 is 23.2 Å². The Morgan fingerprint density at radius 3 is 2.53 bits per heavy atom. The molecule has 30 heavy (non-hydrogen) atoms. The number of carbonyl (C=O) groups is 1. The second-order valence-electron chi connectivity index (χ2n) is 7.15. The fourth-order valence-corrected chi connectivity index (χ4v) is 3.61. The SMILES string of the molecule is O=C(c1cnn(-c2ccc(Cl)cc2)c1)N1CCN(Cc2cccc([N+](=O)[O-])c2)CC1. The van der Waals surface area contributed by atoms with E-state index < -0.39 is 0 Å². The lowest BCUT2D eigenvalue weighted by Gasteiger charge is -2.34. The predicted molar refractivity (Wildman–Crippen MR) is 113 cm³/mol. The minimum Gasteiger partial charge on any atom is -0.336 e. The molecule has 0 N–H and O–H groups in total. The van der Waals surface area contributed by atoms with Gasteiger partial charge < -0.3 is 4.90 Å². The molecule has 2 aromatic carbocycles. The number of amides is 1. The van der Waals surface area contributed by atoms with Crippen LogP contribution >= 0.6 is 11.6 Å². The van der Waals surface area contributed by atoms with Crippen molar-refractivity contribution in [1.29, 1.82) is 0 Å². The Bertz CT molecular complexity index is 1060. The first kappa shape index (κ1) is 20.1. The lowest BCUT2D eigenvalue weighted by atomic mass is 10.1. The molecule has 8 nitrogen and oxygen atoms in total. The highest BCUT2D eigenvalue weighted by Gasteiger charge is 2.23. The van der Waals surface area contributed by atoms with Crippen LogP contribution in [-0.4, -0.2) is 56.6 Å². The van der Waals surface area contributed by atoms with E-state index >= 15 is 0 Å². The van der Waals surface area contributed by atoms with E-state index in [9.17, 15) is 14.9 Å². The zero-order valence-electron chi connectivity index (χ0n) is 16.1. The quantitative estimate of drug-likeness (QED) is 0.462. The lowest BCUT2D eigenvalue weighted by Crippen LogP contribution is -2.48. The van der Waals surface area contributed by atoms with Gasteiger partial charge in [0.1, 0.15) is 0 Å². The van der Waals surface area contributed by atoms with Crippen LogP contribution in [0.1, 0.15) is 15.9 Å². The molecule has 0 radical (unpaired) electrons. The fourth-order valence-electron chi connectivity index (χ4n) is 3.49. The van der Waals surface area contributed by atoms with E-state index in [-0.39, 0.29) is 16.5 Å². The van der Waals surface area contributed by atoms with Crippen LogP contribution in [0.15, 0.2) is 60.9 Å². The van der Waals surface area contributed by atoms with Crippen molar-refractivity contribution in [2.24, 2.45) is 0 Å². The third-order valence-electron chi connectivity index (χ3n) is 5.11. The van der Waals surface area contributed by atoms with Gasteiger partial charge in [-0.2, -0.15) is 5.10 Å². The van der Waals surface area contributed by atoms with Gasteiger partial charge in [0.2, 0.25) is 0 Å². The summed E-state index contributed by atoms with van der Waals surface area (Å²) in [5.74, 6) is -0.0507. The zero-order chi connectivity index (χ0) is 21.1. The van der Waals surface area contributed by atoms with Crippen molar-refractivity contribution in [1.82, 2.24) is 19.6 Å². The first-order valence-electron chi connectivity index (χ1n) is 9.55. The van der Waals surface area contributed by atoms with Crippen LogP contribution in [-0.2, 0) is 6.54 Å². The van der Waals surface area contributed by atoms with Crippen LogP contribution in [0.4, 0.5) is 5.69 Å². The molecule has 1 aromatic heterocycles. The number of nitrogens with zero attached hydrogens (tertiary/aromatic N) is 5. The summed E-state index contributed by atoms with van der Waals surface area (Å²) in [5.41, 5.74) is 2.37. The second-order valence-corrected chi connectivity index (χ2v) is 7.58. The number of rotatable bonds is 5. The Labute approximate surface area is 178 Å². The molecule has 1 aliphatic heterocycles. The Kier molecular flexibility index (Phi) is 5.78. The number of nitro groups is 1. The molecular formula is C21H20ClN5O3. The highest BCUT2D eigenvalue weighted by Crippen LogP contribution is 2.17. The van der Waals surface area contributed by atoms with Crippen molar-refractivity contribution in [3.8, 4) is 5.69 Å². The number of hydrogen-bond acceptors (Lipinski definition) is 5. The number of carbonyl (C=O) groups excluding carboxylic acids is 1.